The molecule has 0 spiro atoms. The van der Waals surface area contributed by atoms with Crippen molar-refractivity contribution in [1.82, 2.24) is 9.97 Å². The highest BCUT2D eigenvalue weighted by atomic mass is 35.5. The van der Waals surface area contributed by atoms with Gasteiger partial charge in [-0.3, -0.25) is 4.90 Å². The van der Waals surface area contributed by atoms with Crippen molar-refractivity contribution in [3.05, 3.63) is 88.2 Å². The van der Waals surface area contributed by atoms with E-state index in [-0.39, 0.29) is 27.8 Å². The normalized spacial score (nSPS) is 15.8. The second-order valence-electron chi connectivity index (χ2n) is 7.20. The zero-order valence-corrected chi connectivity index (χ0v) is 18.9. The first-order valence-electron chi connectivity index (χ1n) is 9.98. The summed E-state index contributed by atoms with van der Waals surface area (Å²) < 4.78 is 10.0. The number of nitrogens with two attached hydrogens (primary N) is 1. The number of fused-ring (bicyclic) bond motifs is 1. The van der Waals surface area contributed by atoms with Gasteiger partial charge in [-0.1, -0.05) is 41.9 Å². The van der Waals surface area contributed by atoms with Crippen LogP contribution in [0, 0.1) is 11.3 Å². The number of anilines is 1. The minimum atomic E-state index is -0.948. The van der Waals surface area contributed by atoms with Crippen LogP contribution >= 0.6 is 11.6 Å². The number of methoxy groups -OCH3 is 2. The molecule has 1 aromatic heterocycles. The van der Waals surface area contributed by atoms with Crippen molar-refractivity contribution in [1.29, 1.82) is 5.26 Å². The molecule has 0 bridgehead atoms. The highest BCUT2D eigenvalue weighted by molar-refractivity contribution is 6.34. The molecule has 0 saturated heterocycles. The Kier molecular flexibility index (Phi) is 6.17. The number of nitriles is 1. The summed E-state index contributed by atoms with van der Waals surface area (Å²) in [6, 6.07) is 15.8. The van der Waals surface area contributed by atoms with E-state index in [0.29, 0.717) is 22.2 Å². The van der Waals surface area contributed by atoms with Gasteiger partial charge in [-0.05, 0) is 23.8 Å². The summed E-state index contributed by atoms with van der Waals surface area (Å²) >= 11 is 6.25. The molecule has 1 unspecified atom stereocenters. The quantitative estimate of drug-likeness (QED) is 0.446. The molecule has 10 heteroatoms. The van der Waals surface area contributed by atoms with Gasteiger partial charge in [-0.15, -0.1) is 0 Å². The molecule has 0 saturated carbocycles. The van der Waals surface area contributed by atoms with Crippen molar-refractivity contribution in [2.75, 3.05) is 19.1 Å². The molecular weight excluding hydrogens is 458 g/mol. The molecule has 9 nitrogen and oxygen atoms in total. The molecule has 0 radical (unpaired) electrons. The number of hydrogen-bond donors (Lipinski definition) is 1. The lowest BCUT2D eigenvalue weighted by molar-refractivity contribution is -0.139. The smallest absolute Gasteiger partial charge is 0.355 e. The molecule has 0 fully saturated rings. The SMILES string of the molecule is COC(=O)C1=C(C(=O)OC)N(c2ccc3ncnc(Cl)c3c2)C(N)=C(C#N)C1c1ccccc1. The Bertz CT molecular complexity index is 1410. The third-order valence-corrected chi connectivity index (χ3v) is 5.74. The van der Waals surface area contributed by atoms with Crippen LogP contribution in [-0.2, 0) is 19.1 Å². The Morgan fingerprint density at radius 3 is 2.44 bits per heavy atom. The Labute approximate surface area is 199 Å². The van der Waals surface area contributed by atoms with Gasteiger partial charge in [0.2, 0.25) is 0 Å². The van der Waals surface area contributed by atoms with Crippen molar-refractivity contribution < 1.29 is 19.1 Å². The minimum Gasteiger partial charge on any atom is -0.466 e. The largest absolute Gasteiger partial charge is 0.466 e. The number of ether oxygens (including phenoxy) is 2. The molecule has 34 heavy (non-hydrogen) atoms. The number of rotatable bonds is 4. The second kappa shape index (κ2) is 9.21. The summed E-state index contributed by atoms with van der Waals surface area (Å²) in [6.07, 6.45) is 1.33. The molecule has 1 aliphatic rings. The van der Waals surface area contributed by atoms with Crippen LogP contribution in [0.1, 0.15) is 11.5 Å². The van der Waals surface area contributed by atoms with Crippen LogP contribution in [-0.4, -0.2) is 36.1 Å². The first-order chi connectivity index (χ1) is 16.4. The molecule has 170 valence electrons. The zero-order chi connectivity index (χ0) is 24.4. The molecule has 0 aliphatic carbocycles. The van der Waals surface area contributed by atoms with Gasteiger partial charge in [0, 0.05) is 11.1 Å². The van der Waals surface area contributed by atoms with Gasteiger partial charge in [0.15, 0.2) is 0 Å². The van der Waals surface area contributed by atoms with Gasteiger partial charge in [-0.25, -0.2) is 19.6 Å². The van der Waals surface area contributed by atoms with E-state index in [0.717, 1.165) is 0 Å². The van der Waals surface area contributed by atoms with Crippen LogP contribution in [0.4, 0.5) is 5.69 Å². The minimum absolute atomic E-state index is 0.0447. The van der Waals surface area contributed by atoms with Gasteiger partial charge in [0.05, 0.1) is 42.9 Å². The summed E-state index contributed by atoms with van der Waals surface area (Å²) in [5.74, 6) is -2.63. The van der Waals surface area contributed by atoms with Crippen LogP contribution in [0.25, 0.3) is 10.9 Å². The van der Waals surface area contributed by atoms with E-state index in [1.54, 1.807) is 48.5 Å². The van der Waals surface area contributed by atoms with E-state index in [9.17, 15) is 14.9 Å². The molecule has 3 aromatic rings. The lowest BCUT2D eigenvalue weighted by Crippen LogP contribution is -2.40. The number of allylic oxidation sites excluding steroid dienone is 1. The highest BCUT2D eigenvalue weighted by Crippen LogP contribution is 2.43. The fourth-order valence-corrected chi connectivity index (χ4v) is 4.13. The molecular formula is C24H18ClN5O4. The molecule has 1 atom stereocenters. The number of hydrogen-bond acceptors (Lipinski definition) is 9. The molecule has 4 rings (SSSR count). The number of halogens is 1. The predicted octanol–water partition coefficient (Wildman–Crippen LogP) is 3.18. The Hall–Kier alpha value is -4.42. The molecule has 2 N–H and O–H groups in total. The topological polar surface area (TPSA) is 131 Å². The second-order valence-corrected chi connectivity index (χ2v) is 7.56. The van der Waals surface area contributed by atoms with Crippen molar-refractivity contribution in [3.8, 4) is 6.07 Å². The lowest BCUT2D eigenvalue weighted by Gasteiger charge is -2.36. The zero-order valence-electron chi connectivity index (χ0n) is 18.2. The summed E-state index contributed by atoms with van der Waals surface area (Å²) in [7, 11) is 2.38. The molecule has 2 heterocycles. The Morgan fingerprint density at radius 2 is 1.79 bits per heavy atom. The number of aromatic nitrogens is 2. The van der Waals surface area contributed by atoms with Gasteiger partial charge < -0.3 is 15.2 Å². The molecule has 0 amide bonds. The Morgan fingerprint density at radius 1 is 1.09 bits per heavy atom. The van der Waals surface area contributed by atoms with Crippen LogP contribution in [0.15, 0.2) is 77.5 Å². The summed E-state index contributed by atoms with van der Waals surface area (Å²) in [4.78, 5) is 35.6. The summed E-state index contributed by atoms with van der Waals surface area (Å²) in [6.45, 7) is 0. The number of benzene rings is 2. The highest BCUT2D eigenvalue weighted by Gasteiger charge is 2.43. The van der Waals surface area contributed by atoms with Crippen LogP contribution in [0.5, 0.6) is 0 Å². The van der Waals surface area contributed by atoms with E-state index in [1.165, 1.54) is 25.4 Å². The van der Waals surface area contributed by atoms with E-state index in [2.05, 4.69) is 16.0 Å². The number of carbonyl (C=O) groups excluding carboxylic acids is 2. The average molecular weight is 476 g/mol. The van der Waals surface area contributed by atoms with Gasteiger partial charge in [0.25, 0.3) is 0 Å². The first-order valence-corrected chi connectivity index (χ1v) is 10.4. The van der Waals surface area contributed by atoms with Gasteiger partial charge in [0.1, 0.15) is 23.0 Å². The maximum Gasteiger partial charge on any atom is 0.355 e. The average Bonchev–Trinajstić information content (AvgIpc) is 2.87. The number of nitrogens with zero attached hydrogens (tertiary/aromatic N) is 4. The van der Waals surface area contributed by atoms with E-state index >= 15 is 0 Å². The van der Waals surface area contributed by atoms with Crippen LogP contribution in [0.2, 0.25) is 5.15 Å². The fourth-order valence-electron chi connectivity index (χ4n) is 3.93. The van der Waals surface area contributed by atoms with Crippen LogP contribution in [0.3, 0.4) is 0 Å². The number of esters is 2. The summed E-state index contributed by atoms with van der Waals surface area (Å²) in [5, 5.41) is 10.8. The van der Waals surface area contributed by atoms with E-state index in [1.807, 2.05) is 0 Å². The van der Waals surface area contributed by atoms with E-state index < -0.39 is 17.9 Å². The molecule has 1 aliphatic heterocycles. The summed E-state index contributed by atoms with van der Waals surface area (Å²) in [5.41, 5.74) is 7.79. The maximum atomic E-state index is 13.1. The maximum absolute atomic E-state index is 13.1. The monoisotopic (exact) mass is 475 g/mol. The van der Waals surface area contributed by atoms with Crippen molar-refractivity contribution in [2.45, 2.75) is 5.92 Å². The van der Waals surface area contributed by atoms with Crippen molar-refractivity contribution >= 4 is 40.1 Å². The molecule has 2 aromatic carbocycles. The van der Waals surface area contributed by atoms with Crippen molar-refractivity contribution in [3.63, 3.8) is 0 Å². The van der Waals surface area contributed by atoms with Crippen LogP contribution < -0.4 is 10.6 Å². The van der Waals surface area contributed by atoms with Gasteiger partial charge >= 0.3 is 11.9 Å². The first kappa shape index (κ1) is 22.8. The standard InChI is InChI=1S/C24H18ClN5O4/c1-33-23(31)19-18(13-6-4-3-5-7-13)16(11-26)22(27)30(20(19)24(32)34-2)14-8-9-17-15(10-14)21(25)29-12-28-17/h3-10,12,18H,27H2,1-2H3. The van der Waals surface area contributed by atoms with Gasteiger partial charge in [-0.2, -0.15) is 5.26 Å². The third kappa shape index (κ3) is 3.70. The third-order valence-electron chi connectivity index (χ3n) is 5.44. The fraction of sp³-hybridized carbons (Fsp3) is 0.125. The van der Waals surface area contributed by atoms with E-state index in [4.69, 9.17) is 26.8 Å². The van der Waals surface area contributed by atoms with Crippen molar-refractivity contribution in [2.24, 2.45) is 5.73 Å². The number of carbonyl (C=O) groups is 2. The predicted molar refractivity (Wildman–Crippen MR) is 124 cm³/mol. The Balaban J connectivity index is 2.07. The lowest BCUT2D eigenvalue weighted by atomic mass is 9.81.